The maximum absolute atomic E-state index is 12.9. The van der Waals surface area contributed by atoms with Crippen molar-refractivity contribution in [3.05, 3.63) is 84.0 Å². The Balaban J connectivity index is 2.26. The second-order valence-corrected chi connectivity index (χ2v) is 5.81. The van der Waals surface area contributed by atoms with E-state index < -0.39 is 18.0 Å². The number of allylic oxidation sites excluding steroid dienone is 3. The molecule has 0 aliphatic carbocycles. The van der Waals surface area contributed by atoms with Gasteiger partial charge in [-0.2, -0.15) is 0 Å². The zero-order chi connectivity index (χ0) is 19.6. The average Bonchev–Trinajstić information content (AvgIpc) is 2.67. The molecular formula is C22H23NO4. The van der Waals surface area contributed by atoms with Crippen LogP contribution in [0, 0.1) is 6.92 Å². The monoisotopic (exact) mass is 365 g/mol. The molecule has 5 nitrogen and oxygen atoms in total. The topological polar surface area (TPSA) is 64.6 Å². The van der Waals surface area contributed by atoms with Crippen LogP contribution in [-0.4, -0.2) is 19.0 Å². The van der Waals surface area contributed by atoms with Gasteiger partial charge in [0.05, 0.1) is 12.8 Å². The van der Waals surface area contributed by atoms with Crippen LogP contribution in [0.25, 0.3) is 0 Å². The number of esters is 1. The summed E-state index contributed by atoms with van der Waals surface area (Å²) in [6, 6.07) is 14.3. The minimum Gasteiger partial charge on any atom is -0.495 e. The highest BCUT2D eigenvalue weighted by Gasteiger charge is 2.25. The van der Waals surface area contributed by atoms with E-state index in [2.05, 4.69) is 5.32 Å². The van der Waals surface area contributed by atoms with E-state index in [0.29, 0.717) is 17.0 Å². The second-order valence-electron chi connectivity index (χ2n) is 5.81. The number of carbonyl (C=O) groups is 2. The van der Waals surface area contributed by atoms with Crippen molar-refractivity contribution >= 4 is 17.6 Å². The van der Waals surface area contributed by atoms with Crippen LogP contribution < -0.4 is 10.1 Å². The molecule has 27 heavy (non-hydrogen) atoms. The summed E-state index contributed by atoms with van der Waals surface area (Å²) in [6.07, 6.45) is 5.24. The molecule has 5 heteroatoms. The number of benzene rings is 2. The number of anilines is 1. The van der Waals surface area contributed by atoms with Gasteiger partial charge in [-0.3, -0.25) is 4.79 Å². The molecule has 0 aliphatic heterocycles. The van der Waals surface area contributed by atoms with Crippen molar-refractivity contribution in [2.75, 3.05) is 12.4 Å². The molecular weight excluding hydrogens is 342 g/mol. The summed E-state index contributed by atoms with van der Waals surface area (Å²) in [4.78, 5) is 25.0. The van der Waals surface area contributed by atoms with Gasteiger partial charge in [0.2, 0.25) is 6.10 Å². The molecule has 1 atom stereocenters. The first-order valence-corrected chi connectivity index (χ1v) is 8.55. The van der Waals surface area contributed by atoms with Crippen molar-refractivity contribution in [1.29, 1.82) is 0 Å². The van der Waals surface area contributed by atoms with Gasteiger partial charge in [0.15, 0.2) is 0 Å². The number of carbonyl (C=O) groups excluding carboxylic acids is 2. The smallest absolute Gasteiger partial charge is 0.331 e. The Hall–Kier alpha value is -3.34. The van der Waals surface area contributed by atoms with Crippen LogP contribution in [0.2, 0.25) is 0 Å². The van der Waals surface area contributed by atoms with E-state index >= 15 is 0 Å². The molecule has 0 aliphatic rings. The van der Waals surface area contributed by atoms with E-state index in [1.54, 1.807) is 54.6 Å². The molecule has 1 unspecified atom stereocenters. The first kappa shape index (κ1) is 20.0. The lowest BCUT2D eigenvalue weighted by atomic mass is 10.1. The number of hydrogen-bond acceptors (Lipinski definition) is 4. The highest BCUT2D eigenvalue weighted by Crippen LogP contribution is 2.27. The van der Waals surface area contributed by atoms with E-state index in [9.17, 15) is 9.59 Å². The van der Waals surface area contributed by atoms with Crippen molar-refractivity contribution in [1.82, 2.24) is 0 Å². The minimum atomic E-state index is -1.08. The van der Waals surface area contributed by atoms with Crippen LogP contribution in [0.15, 0.2) is 72.8 Å². The fraction of sp³-hybridized carbons (Fsp3) is 0.182. The predicted molar refractivity (Wildman–Crippen MR) is 106 cm³/mol. The van der Waals surface area contributed by atoms with E-state index in [1.807, 2.05) is 26.0 Å². The number of amides is 1. The highest BCUT2D eigenvalue weighted by molar-refractivity contribution is 5.98. The molecule has 0 spiro atoms. The molecule has 0 heterocycles. The van der Waals surface area contributed by atoms with Gasteiger partial charge in [0.1, 0.15) is 5.75 Å². The van der Waals surface area contributed by atoms with Gasteiger partial charge in [-0.25, -0.2) is 4.79 Å². The number of aryl methyl sites for hydroxylation is 1. The summed E-state index contributed by atoms with van der Waals surface area (Å²) >= 11 is 0. The third kappa shape index (κ3) is 5.85. The largest absolute Gasteiger partial charge is 0.495 e. The molecule has 2 aromatic carbocycles. The molecule has 1 N–H and O–H groups in total. The van der Waals surface area contributed by atoms with E-state index in [1.165, 1.54) is 13.2 Å². The first-order chi connectivity index (χ1) is 13.0. The molecule has 0 fully saturated rings. The molecule has 0 saturated carbocycles. The Morgan fingerprint density at radius 2 is 1.81 bits per heavy atom. The van der Waals surface area contributed by atoms with Crippen LogP contribution in [0.5, 0.6) is 5.75 Å². The van der Waals surface area contributed by atoms with Gasteiger partial charge in [0.25, 0.3) is 5.91 Å². The van der Waals surface area contributed by atoms with Gasteiger partial charge in [-0.05, 0) is 31.5 Å². The SMILES string of the molecule is C/C=C/C=C/C(=O)OC(C(=O)Nc1cc(C)ccc1OC)c1ccccc1. The average molecular weight is 365 g/mol. The zero-order valence-corrected chi connectivity index (χ0v) is 15.6. The van der Waals surface area contributed by atoms with Crippen LogP contribution in [0.4, 0.5) is 5.69 Å². The zero-order valence-electron chi connectivity index (χ0n) is 15.6. The third-order valence-electron chi connectivity index (χ3n) is 3.72. The molecule has 0 saturated heterocycles. The van der Waals surface area contributed by atoms with Crippen LogP contribution in [0.1, 0.15) is 24.2 Å². The molecule has 0 radical (unpaired) electrons. The Kier molecular flexibility index (Phi) is 7.37. The van der Waals surface area contributed by atoms with Gasteiger partial charge in [0, 0.05) is 11.6 Å². The number of nitrogens with one attached hydrogen (secondary N) is 1. The van der Waals surface area contributed by atoms with E-state index in [4.69, 9.17) is 9.47 Å². The fourth-order valence-electron chi connectivity index (χ4n) is 2.42. The van der Waals surface area contributed by atoms with Gasteiger partial charge >= 0.3 is 5.97 Å². The standard InChI is InChI=1S/C22H23NO4/c1-4-5-7-12-20(24)27-21(17-10-8-6-9-11-17)22(25)23-18-15-16(2)13-14-19(18)26-3/h4-15,21H,1-3H3,(H,23,25)/b5-4+,12-7+. The van der Waals surface area contributed by atoms with E-state index in [0.717, 1.165) is 5.56 Å². The molecule has 0 aromatic heterocycles. The van der Waals surface area contributed by atoms with Gasteiger partial charge in [-0.15, -0.1) is 0 Å². The Morgan fingerprint density at radius 3 is 2.48 bits per heavy atom. The lowest BCUT2D eigenvalue weighted by molar-refractivity contribution is -0.149. The van der Waals surface area contributed by atoms with Crippen LogP contribution in [0.3, 0.4) is 0 Å². The number of ether oxygens (including phenoxy) is 2. The molecule has 2 rings (SSSR count). The quantitative estimate of drug-likeness (QED) is 0.450. The molecule has 1 amide bonds. The Bertz CT molecular complexity index is 841. The number of rotatable bonds is 7. The van der Waals surface area contributed by atoms with E-state index in [-0.39, 0.29) is 0 Å². The number of hydrogen-bond donors (Lipinski definition) is 1. The molecule has 140 valence electrons. The van der Waals surface area contributed by atoms with Crippen molar-refractivity contribution in [2.24, 2.45) is 0 Å². The third-order valence-corrected chi connectivity index (χ3v) is 3.72. The normalized spacial score (nSPS) is 12.1. The van der Waals surface area contributed by atoms with Crippen LogP contribution >= 0.6 is 0 Å². The molecule has 0 bridgehead atoms. The van der Waals surface area contributed by atoms with Gasteiger partial charge < -0.3 is 14.8 Å². The fourth-order valence-corrected chi connectivity index (χ4v) is 2.42. The summed E-state index contributed by atoms with van der Waals surface area (Å²) in [6.45, 7) is 3.75. The van der Waals surface area contributed by atoms with Crippen LogP contribution in [-0.2, 0) is 14.3 Å². The summed E-state index contributed by atoms with van der Waals surface area (Å²) in [5, 5.41) is 2.79. The maximum Gasteiger partial charge on any atom is 0.331 e. The van der Waals surface area contributed by atoms with Crippen molar-refractivity contribution in [3.8, 4) is 5.75 Å². The highest BCUT2D eigenvalue weighted by atomic mass is 16.5. The van der Waals surface area contributed by atoms with Crippen molar-refractivity contribution in [3.63, 3.8) is 0 Å². The first-order valence-electron chi connectivity index (χ1n) is 8.55. The minimum absolute atomic E-state index is 0.460. The summed E-state index contributed by atoms with van der Waals surface area (Å²) in [5.41, 5.74) is 2.06. The maximum atomic E-state index is 12.9. The Labute approximate surface area is 159 Å². The summed E-state index contributed by atoms with van der Waals surface area (Å²) in [7, 11) is 1.53. The summed E-state index contributed by atoms with van der Waals surface area (Å²) in [5.74, 6) is -0.536. The van der Waals surface area contributed by atoms with Crippen molar-refractivity contribution in [2.45, 2.75) is 20.0 Å². The second kappa shape index (κ2) is 9.97. The number of methoxy groups -OCH3 is 1. The lowest BCUT2D eigenvalue weighted by Gasteiger charge is -2.18. The van der Waals surface area contributed by atoms with Crippen molar-refractivity contribution < 1.29 is 19.1 Å². The lowest BCUT2D eigenvalue weighted by Crippen LogP contribution is -2.25. The Morgan fingerprint density at radius 1 is 1.07 bits per heavy atom. The predicted octanol–water partition coefficient (Wildman–Crippen LogP) is 4.36. The summed E-state index contributed by atoms with van der Waals surface area (Å²) < 4.78 is 10.7. The van der Waals surface area contributed by atoms with Gasteiger partial charge in [-0.1, -0.05) is 54.6 Å². The molecule has 2 aromatic rings.